The molecule has 2 N–H and O–H groups in total. The van der Waals surface area contributed by atoms with Crippen LogP contribution in [-0.4, -0.2) is 60.6 Å². The second-order valence-electron chi connectivity index (χ2n) is 10.8. The van der Waals surface area contributed by atoms with Crippen LogP contribution in [0.3, 0.4) is 0 Å². The Balaban J connectivity index is 1.06. The summed E-state index contributed by atoms with van der Waals surface area (Å²) in [6.07, 6.45) is 1.59. The number of piperazine rings is 1. The lowest BCUT2D eigenvalue weighted by molar-refractivity contribution is 0.0527. The van der Waals surface area contributed by atoms with Crippen LogP contribution in [0.2, 0.25) is 0 Å². The lowest BCUT2D eigenvalue weighted by Gasteiger charge is -2.35. The standard InChI is InChI=1S/C35H32FN5O5/c1-3-45-34(43)27-6-4-5-7-29(27)39-35(44)41-18-16-40(17-19-41)31-15-13-26(21-37-31)38-33(42)32-22(2)28-20-24(10-14-30(28)46-32)23-8-11-25(36)12-9-23/h4-15,20-21H,3,16-19H2,1-2H3,(H,38,42)(H,39,44). The summed E-state index contributed by atoms with van der Waals surface area (Å²) in [7, 11) is 0. The number of rotatable bonds is 7. The lowest BCUT2D eigenvalue weighted by Crippen LogP contribution is -2.50. The number of furan rings is 1. The summed E-state index contributed by atoms with van der Waals surface area (Å²) in [5.74, 6) is -0.256. The van der Waals surface area contributed by atoms with Gasteiger partial charge in [0, 0.05) is 37.1 Å². The Kier molecular flexibility index (Phi) is 8.64. The highest BCUT2D eigenvalue weighted by molar-refractivity contribution is 6.07. The summed E-state index contributed by atoms with van der Waals surface area (Å²) in [6.45, 7) is 5.84. The Morgan fingerprint density at radius 3 is 2.37 bits per heavy atom. The van der Waals surface area contributed by atoms with E-state index in [0.29, 0.717) is 54.3 Å². The number of nitrogens with one attached hydrogen (secondary N) is 2. The van der Waals surface area contributed by atoms with E-state index in [0.717, 1.165) is 22.3 Å². The molecule has 3 heterocycles. The van der Waals surface area contributed by atoms with Crippen molar-refractivity contribution in [3.05, 3.63) is 108 Å². The number of esters is 1. The highest BCUT2D eigenvalue weighted by atomic mass is 19.1. The number of anilines is 3. The van der Waals surface area contributed by atoms with Crippen LogP contribution in [0, 0.1) is 12.7 Å². The van der Waals surface area contributed by atoms with E-state index in [2.05, 4.69) is 20.5 Å². The summed E-state index contributed by atoms with van der Waals surface area (Å²) >= 11 is 0. The third-order valence-electron chi connectivity index (χ3n) is 7.88. The number of aryl methyl sites for hydroxylation is 1. The largest absolute Gasteiger partial charge is 0.462 e. The summed E-state index contributed by atoms with van der Waals surface area (Å²) in [6, 6.07) is 21.9. The van der Waals surface area contributed by atoms with Crippen molar-refractivity contribution in [3.63, 3.8) is 0 Å². The number of nitrogens with zero attached hydrogens (tertiary/aromatic N) is 3. The van der Waals surface area contributed by atoms with Crippen LogP contribution in [0.4, 0.5) is 26.4 Å². The number of urea groups is 1. The average Bonchev–Trinajstić information content (AvgIpc) is 3.41. The van der Waals surface area contributed by atoms with Crippen LogP contribution in [0.25, 0.3) is 22.1 Å². The Morgan fingerprint density at radius 2 is 1.65 bits per heavy atom. The molecule has 0 radical (unpaired) electrons. The van der Waals surface area contributed by atoms with Gasteiger partial charge in [0.15, 0.2) is 5.76 Å². The molecule has 1 aliphatic rings. The van der Waals surface area contributed by atoms with Gasteiger partial charge in [-0.25, -0.2) is 19.0 Å². The molecule has 0 unspecified atom stereocenters. The van der Waals surface area contributed by atoms with E-state index in [4.69, 9.17) is 9.15 Å². The van der Waals surface area contributed by atoms with Gasteiger partial charge in [-0.05, 0) is 73.5 Å². The smallest absolute Gasteiger partial charge is 0.340 e. The number of amides is 3. The molecule has 5 aromatic rings. The molecule has 10 nitrogen and oxygen atoms in total. The molecule has 0 saturated carbocycles. The number of carbonyl (C=O) groups is 3. The average molecular weight is 622 g/mol. The second-order valence-corrected chi connectivity index (χ2v) is 10.8. The van der Waals surface area contributed by atoms with Gasteiger partial charge in [0.1, 0.15) is 17.2 Å². The first-order valence-corrected chi connectivity index (χ1v) is 14.9. The fourth-order valence-electron chi connectivity index (χ4n) is 5.41. The van der Waals surface area contributed by atoms with Crippen molar-refractivity contribution < 1.29 is 27.9 Å². The Morgan fingerprint density at radius 1 is 0.913 bits per heavy atom. The number of carbonyl (C=O) groups excluding carboxylic acids is 3. The van der Waals surface area contributed by atoms with Crippen molar-refractivity contribution in [3.8, 4) is 11.1 Å². The summed E-state index contributed by atoms with van der Waals surface area (Å²) in [5, 5.41) is 6.49. The first-order valence-electron chi connectivity index (χ1n) is 14.9. The van der Waals surface area contributed by atoms with Crippen molar-refractivity contribution in [1.29, 1.82) is 0 Å². The van der Waals surface area contributed by atoms with Gasteiger partial charge in [0.25, 0.3) is 5.91 Å². The number of ether oxygens (including phenoxy) is 1. The first kappa shape index (κ1) is 30.3. The van der Waals surface area contributed by atoms with E-state index in [1.807, 2.05) is 25.1 Å². The summed E-state index contributed by atoms with van der Waals surface area (Å²) in [4.78, 5) is 46.6. The molecule has 0 spiro atoms. The number of hydrogen-bond donors (Lipinski definition) is 2. The maximum absolute atomic E-state index is 13.4. The molecule has 3 aromatic carbocycles. The van der Waals surface area contributed by atoms with Crippen LogP contribution in [-0.2, 0) is 4.74 Å². The number of para-hydroxylation sites is 1. The minimum Gasteiger partial charge on any atom is -0.462 e. The number of pyridine rings is 1. The fourth-order valence-corrected chi connectivity index (χ4v) is 5.41. The van der Waals surface area contributed by atoms with Crippen molar-refractivity contribution in [2.75, 3.05) is 48.3 Å². The van der Waals surface area contributed by atoms with E-state index in [9.17, 15) is 18.8 Å². The lowest BCUT2D eigenvalue weighted by atomic mass is 10.0. The second kappa shape index (κ2) is 13.1. The molecular formula is C35H32FN5O5. The number of halogens is 1. The molecule has 234 valence electrons. The molecule has 0 bridgehead atoms. The summed E-state index contributed by atoms with van der Waals surface area (Å²) in [5.41, 5.74) is 4.26. The zero-order chi connectivity index (χ0) is 32.2. The normalized spacial score (nSPS) is 13.0. The highest BCUT2D eigenvalue weighted by Crippen LogP contribution is 2.31. The zero-order valence-electron chi connectivity index (χ0n) is 25.4. The van der Waals surface area contributed by atoms with Crippen LogP contribution in [0.5, 0.6) is 0 Å². The van der Waals surface area contributed by atoms with Crippen molar-refractivity contribution in [2.45, 2.75) is 13.8 Å². The van der Waals surface area contributed by atoms with Gasteiger partial charge < -0.3 is 29.6 Å². The molecule has 0 aliphatic carbocycles. The van der Waals surface area contributed by atoms with Gasteiger partial charge in [-0.2, -0.15) is 0 Å². The van der Waals surface area contributed by atoms with Gasteiger partial charge >= 0.3 is 12.0 Å². The molecule has 1 saturated heterocycles. The van der Waals surface area contributed by atoms with Gasteiger partial charge in [-0.1, -0.05) is 30.3 Å². The molecule has 46 heavy (non-hydrogen) atoms. The molecule has 1 fully saturated rings. The quantitative estimate of drug-likeness (QED) is 0.194. The molecule has 1 aliphatic heterocycles. The van der Waals surface area contributed by atoms with Crippen LogP contribution >= 0.6 is 0 Å². The molecule has 2 aromatic heterocycles. The fraction of sp³-hybridized carbons (Fsp3) is 0.200. The Hall–Kier alpha value is -5.71. The molecular weight excluding hydrogens is 589 g/mol. The predicted molar refractivity (Wildman–Crippen MR) is 174 cm³/mol. The van der Waals surface area contributed by atoms with Crippen molar-refractivity contribution >= 4 is 46.1 Å². The van der Waals surface area contributed by atoms with Gasteiger partial charge in [0.2, 0.25) is 0 Å². The Labute approximate surface area is 264 Å². The predicted octanol–water partition coefficient (Wildman–Crippen LogP) is 6.73. The number of aromatic nitrogens is 1. The van der Waals surface area contributed by atoms with E-state index >= 15 is 0 Å². The molecule has 11 heteroatoms. The molecule has 3 amide bonds. The third-order valence-corrected chi connectivity index (χ3v) is 7.88. The van der Waals surface area contributed by atoms with Crippen molar-refractivity contribution in [1.82, 2.24) is 9.88 Å². The van der Waals surface area contributed by atoms with Gasteiger partial charge in [-0.15, -0.1) is 0 Å². The summed E-state index contributed by atoms with van der Waals surface area (Å²) < 4.78 is 24.4. The van der Waals surface area contributed by atoms with E-state index in [-0.39, 0.29) is 24.2 Å². The SMILES string of the molecule is CCOC(=O)c1ccccc1NC(=O)N1CCN(c2ccc(NC(=O)c3oc4ccc(-c5ccc(F)cc5)cc4c3C)cn2)CC1. The van der Waals surface area contributed by atoms with Gasteiger partial charge in [-0.3, -0.25) is 4.79 Å². The zero-order valence-corrected chi connectivity index (χ0v) is 25.4. The number of hydrogen-bond acceptors (Lipinski definition) is 7. The molecule has 0 atom stereocenters. The van der Waals surface area contributed by atoms with Crippen LogP contribution in [0.1, 0.15) is 33.4 Å². The third kappa shape index (κ3) is 6.39. The molecule has 6 rings (SSSR count). The Bertz CT molecular complexity index is 1900. The van der Waals surface area contributed by atoms with E-state index in [1.165, 1.54) is 12.1 Å². The number of benzene rings is 3. The monoisotopic (exact) mass is 621 g/mol. The van der Waals surface area contributed by atoms with Crippen molar-refractivity contribution in [2.24, 2.45) is 0 Å². The van der Waals surface area contributed by atoms with E-state index < -0.39 is 11.9 Å². The topological polar surface area (TPSA) is 117 Å². The van der Waals surface area contributed by atoms with Crippen LogP contribution in [0.15, 0.2) is 89.5 Å². The highest BCUT2D eigenvalue weighted by Gasteiger charge is 2.24. The van der Waals surface area contributed by atoms with E-state index in [1.54, 1.807) is 66.6 Å². The van der Waals surface area contributed by atoms with Gasteiger partial charge in [0.05, 0.1) is 29.7 Å². The maximum atomic E-state index is 13.4. The maximum Gasteiger partial charge on any atom is 0.340 e. The minimum absolute atomic E-state index is 0.203. The first-order chi connectivity index (χ1) is 22.3. The van der Waals surface area contributed by atoms with Crippen LogP contribution < -0.4 is 15.5 Å². The number of fused-ring (bicyclic) bond motifs is 1. The minimum atomic E-state index is -0.487.